The molecule has 1 aromatic rings. The summed E-state index contributed by atoms with van der Waals surface area (Å²) in [5.41, 5.74) is -1.04. The highest BCUT2D eigenvalue weighted by Gasteiger charge is 2.40. The summed E-state index contributed by atoms with van der Waals surface area (Å²) in [5, 5.41) is 13.8. The van der Waals surface area contributed by atoms with E-state index in [1.807, 2.05) is 0 Å². The second-order valence-corrected chi connectivity index (χ2v) is 5.56. The Morgan fingerprint density at radius 1 is 1.26 bits per heavy atom. The molecule has 0 spiro atoms. The number of nitrogens with one attached hydrogen (secondary N) is 2. The highest BCUT2D eigenvalue weighted by Crippen LogP contribution is 2.28. The van der Waals surface area contributed by atoms with Crippen molar-refractivity contribution in [3.8, 4) is 0 Å². The first-order chi connectivity index (χ1) is 11.0. The third-order valence-corrected chi connectivity index (χ3v) is 3.85. The minimum absolute atomic E-state index is 0.409. The van der Waals surface area contributed by atoms with Gasteiger partial charge in [0.05, 0.1) is 6.26 Å². The maximum atomic E-state index is 12.4. The number of hydrogen-bond acceptors (Lipinski definition) is 4. The van der Waals surface area contributed by atoms with Gasteiger partial charge in [-0.2, -0.15) is 0 Å². The lowest BCUT2D eigenvalue weighted by Gasteiger charge is -2.36. The fourth-order valence-corrected chi connectivity index (χ4v) is 2.71. The number of hydrogen-bond donors (Lipinski definition) is 3. The monoisotopic (exact) mass is 320 g/mol. The smallest absolute Gasteiger partial charge is 0.322 e. The highest BCUT2D eigenvalue weighted by molar-refractivity contribution is 5.98. The van der Waals surface area contributed by atoms with Crippen LogP contribution >= 0.6 is 0 Å². The van der Waals surface area contributed by atoms with Crippen molar-refractivity contribution in [1.29, 1.82) is 0 Å². The summed E-state index contributed by atoms with van der Waals surface area (Å²) in [7, 11) is 0. The van der Waals surface area contributed by atoms with Crippen LogP contribution in [0.1, 0.15) is 37.9 Å². The van der Waals surface area contributed by atoms with E-state index in [1.54, 1.807) is 12.1 Å². The molecule has 23 heavy (non-hydrogen) atoms. The summed E-state index contributed by atoms with van der Waals surface area (Å²) < 4.78 is 5.10. The van der Waals surface area contributed by atoms with Crippen LogP contribution in [0, 0.1) is 0 Å². The van der Waals surface area contributed by atoms with Gasteiger partial charge in [0.1, 0.15) is 17.8 Å². The van der Waals surface area contributed by atoms with Crippen molar-refractivity contribution in [1.82, 2.24) is 10.6 Å². The van der Waals surface area contributed by atoms with E-state index in [2.05, 4.69) is 10.6 Å². The third kappa shape index (κ3) is 4.70. The summed E-state index contributed by atoms with van der Waals surface area (Å²) in [5.74, 6) is -1.44. The number of amides is 2. The molecule has 3 N–H and O–H groups in total. The lowest BCUT2D eigenvalue weighted by molar-refractivity contribution is -0.140. The molecule has 1 fully saturated rings. The van der Waals surface area contributed by atoms with E-state index in [0.717, 1.165) is 19.3 Å². The van der Waals surface area contributed by atoms with Gasteiger partial charge in [0.15, 0.2) is 0 Å². The maximum absolute atomic E-state index is 12.4. The van der Waals surface area contributed by atoms with Gasteiger partial charge in [0.2, 0.25) is 11.8 Å². The van der Waals surface area contributed by atoms with Gasteiger partial charge in [0, 0.05) is 6.08 Å². The number of carboxylic acid groups (broad SMARTS) is 1. The molecular weight excluding hydrogens is 300 g/mol. The minimum Gasteiger partial charge on any atom is -0.480 e. The Kier molecular flexibility index (Phi) is 5.56. The number of rotatable bonds is 6. The van der Waals surface area contributed by atoms with E-state index < -0.39 is 29.9 Å². The zero-order chi connectivity index (χ0) is 16.7. The number of carbonyl (C=O) groups is 3. The highest BCUT2D eigenvalue weighted by atomic mass is 16.4. The molecule has 1 aliphatic carbocycles. The zero-order valence-corrected chi connectivity index (χ0v) is 12.7. The van der Waals surface area contributed by atoms with Crippen molar-refractivity contribution < 1.29 is 23.9 Å². The first-order valence-electron chi connectivity index (χ1n) is 7.56. The van der Waals surface area contributed by atoms with Crippen molar-refractivity contribution in [2.24, 2.45) is 0 Å². The Hall–Kier alpha value is -2.57. The van der Waals surface area contributed by atoms with E-state index in [-0.39, 0.29) is 0 Å². The van der Waals surface area contributed by atoms with Crippen LogP contribution < -0.4 is 10.6 Å². The van der Waals surface area contributed by atoms with Crippen LogP contribution in [0.5, 0.6) is 0 Å². The molecule has 1 aromatic heterocycles. The quantitative estimate of drug-likeness (QED) is 0.685. The Labute approximate surface area is 133 Å². The van der Waals surface area contributed by atoms with Crippen molar-refractivity contribution in [3.63, 3.8) is 0 Å². The van der Waals surface area contributed by atoms with E-state index in [9.17, 15) is 14.4 Å². The fraction of sp³-hybridized carbons (Fsp3) is 0.438. The second-order valence-electron chi connectivity index (χ2n) is 5.56. The van der Waals surface area contributed by atoms with Crippen molar-refractivity contribution in [3.05, 3.63) is 30.2 Å². The summed E-state index contributed by atoms with van der Waals surface area (Å²) in [6, 6.07) is 3.42. The van der Waals surface area contributed by atoms with Crippen LogP contribution in [0.15, 0.2) is 28.9 Å². The average molecular weight is 320 g/mol. The number of carbonyl (C=O) groups excluding carboxylic acids is 2. The second kappa shape index (κ2) is 7.62. The molecule has 124 valence electrons. The third-order valence-electron chi connectivity index (χ3n) is 3.85. The standard InChI is InChI=1S/C16H20N2O5/c19-13(7-6-12-5-4-10-23-12)18-16(8-2-1-3-9-16)15(22)17-11-14(20)21/h4-7,10H,1-3,8-9,11H2,(H,17,22)(H,18,19)(H,20,21)/b7-6+. The Morgan fingerprint density at radius 2 is 2.00 bits per heavy atom. The van der Waals surface area contributed by atoms with Gasteiger partial charge in [-0.25, -0.2) is 0 Å². The molecule has 1 heterocycles. The summed E-state index contributed by atoms with van der Waals surface area (Å²) in [6.45, 7) is -0.460. The molecule has 0 unspecified atom stereocenters. The number of carboxylic acids is 1. The first-order valence-corrected chi connectivity index (χ1v) is 7.56. The summed E-state index contributed by atoms with van der Waals surface area (Å²) >= 11 is 0. The molecule has 7 nitrogen and oxygen atoms in total. The summed E-state index contributed by atoms with van der Waals surface area (Å²) in [4.78, 5) is 35.1. The predicted molar refractivity (Wildman–Crippen MR) is 82.3 cm³/mol. The van der Waals surface area contributed by atoms with Gasteiger partial charge in [-0.3, -0.25) is 14.4 Å². The molecule has 0 saturated heterocycles. The lowest BCUT2D eigenvalue weighted by Crippen LogP contribution is -2.60. The molecule has 7 heteroatoms. The Bertz CT molecular complexity index is 586. The minimum atomic E-state index is -1.12. The zero-order valence-electron chi connectivity index (χ0n) is 12.7. The van der Waals surface area contributed by atoms with Crippen molar-refractivity contribution >= 4 is 23.9 Å². The predicted octanol–water partition coefficient (Wildman–Crippen LogP) is 1.31. The Balaban J connectivity index is 2.03. The molecular formula is C16H20N2O5. The average Bonchev–Trinajstić information content (AvgIpc) is 3.05. The van der Waals surface area contributed by atoms with Gasteiger partial charge < -0.3 is 20.2 Å². The van der Waals surface area contributed by atoms with Crippen LogP contribution in [0.4, 0.5) is 0 Å². The van der Waals surface area contributed by atoms with Crippen LogP contribution in [0.25, 0.3) is 6.08 Å². The van der Waals surface area contributed by atoms with Crippen molar-refractivity contribution in [2.45, 2.75) is 37.6 Å². The van der Waals surface area contributed by atoms with Gasteiger partial charge in [-0.1, -0.05) is 19.3 Å². The normalized spacial score (nSPS) is 16.9. The lowest BCUT2D eigenvalue weighted by atomic mass is 9.80. The molecule has 0 radical (unpaired) electrons. The summed E-state index contributed by atoms with van der Waals surface area (Å²) in [6.07, 6.45) is 7.93. The molecule has 2 amide bonds. The van der Waals surface area contributed by atoms with Crippen molar-refractivity contribution in [2.75, 3.05) is 6.54 Å². The van der Waals surface area contributed by atoms with Gasteiger partial charge in [-0.05, 0) is 31.1 Å². The van der Waals surface area contributed by atoms with Gasteiger partial charge >= 0.3 is 5.97 Å². The van der Waals surface area contributed by atoms with E-state index in [0.29, 0.717) is 18.6 Å². The van der Waals surface area contributed by atoms with E-state index in [1.165, 1.54) is 18.4 Å². The van der Waals surface area contributed by atoms with Crippen LogP contribution in [-0.4, -0.2) is 35.0 Å². The molecule has 0 atom stereocenters. The van der Waals surface area contributed by atoms with Gasteiger partial charge in [0.25, 0.3) is 0 Å². The van der Waals surface area contributed by atoms with Crippen LogP contribution in [-0.2, 0) is 14.4 Å². The topological polar surface area (TPSA) is 109 Å². The number of aliphatic carboxylic acids is 1. The molecule has 0 aliphatic heterocycles. The fourth-order valence-electron chi connectivity index (χ4n) is 2.71. The van der Waals surface area contributed by atoms with Crippen LogP contribution in [0.3, 0.4) is 0 Å². The van der Waals surface area contributed by atoms with E-state index >= 15 is 0 Å². The van der Waals surface area contributed by atoms with E-state index in [4.69, 9.17) is 9.52 Å². The molecule has 1 aliphatic rings. The molecule has 0 bridgehead atoms. The van der Waals surface area contributed by atoms with Gasteiger partial charge in [-0.15, -0.1) is 0 Å². The largest absolute Gasteiger partial charge is 0.480 e. The molecule has 0 aromatic carbocycles. The molecule has 2 rings (SSSR count). The first kappa shape index (κ1) is 16.8. The molecule has 1 saturated carbocycles. The Morgan fingerprint density at radius 3 is 2.61 bits per heavy atom. The number of furan rings is 1. The SMILES string of the molecule is O=C(O)CNC(=O)C1(NC(=O)/C=C/c2ccco2)CCCCC1. The maximum Gasteiger partial charge on any atom is 0.322 e. The van der Waals surface area contributed by atoms with Crippen LogP contribution in [0.2, 0.25) is 0 Å².